The number of hydrogen-bond donors (Lipinski definition) is 1. The summed E-state index contributed by atoms with van der Waals surface area (Å²) in [4.78, 5) is 2.09. The summed E-state index contributed by atoms with van der Waals surface area (Å²) in [5, 5.41) is 17.5. The zero-order valence-electron chi connectivity index (χ0n) is 8.35. The Morgan fingerprint density at radius 3 is 3.14 bits per heavy atom. The quantitative estimate of drug-likeness (QED) is 0.715. The number of hydrogen-bond acceptors (Lipinski definition) is 4. The van der Waals surface area contributed by atoms with Crippen LogP contribution in [0.3, 0.4) is 0 Å². The third-order valence-corrected chi connectivity index (χ3v) is 2.50. The molecule has 1 atom stereocenters. The molecule has 1 fully saturated rings. The zero-order valence-corrected chi connectivity index (χ0v) is 8.35. The van der Waals surface area contributed by atoms with Crippen molar-refractivity contribution >= 4 is 5.82 Å². The fraction of sp³-hybridized carbons (Fsp3) is 0.600. The number of piperidine rings is 1. The highest BCUT2D eigenvalue weighted by atomic mass is 16.3. The molecule has 1 saturated heterocycles. The molecular weight excluding hydrogens is 178 g/mol. The second kappa shape index (κ2) is 3.92. The standard InChI is InChI=1S/C10H15N3O/c1-8-5-10(12-11-6-8)13-4-2-3-9(14)7-13/h5-6,9,14H,2-4,7H2,1H3. The lowest BCUT2D eigenvalue weighted by Crippen LogP contribution is -2.38. The molecule has 0 saturated carbocycles. The van der Waals surface area contributed by atoms with Crippen LogP contribution in [0, 0.1) is 6.92 Å². The lowest BCUT2D eigenvalue weighted by atomic mass is 10.1. The topological polar surface area (TPSA) is 49.2 Å². The Morgan fingerprint density at radius 2 is 2.43 bits per heavy atom. The van der Waals surface area contributed by atoms with Crippen LogP contribution in [0.25, 0.3) is 0 Å². The molecule has 0 aliphatic carbocycles. The molecule has 1 aromatic heterocycles. The van der Waals surface area contributed by atoms with Gasteiger partial charge in [0.15, 0.2) is 5.82 Å². The molecule has 0 bridgehead atoms. The molecule has 0 spiro atoms. The van der Waals surface area contributed by atoms with Crippen molar-refractivity contribution in [3.05, 3.63) is 17.8 Å². The summed E-state index contributed by atoms with van der Waals surface area (Å²) in [7, 11) is 0. The smallest absolute Gasteiger partial charge is 0.151 e. The van der Waals surface area contributed by atoms with Crippen molar-refractivity contribution in [1.29, 1.82) is 0 Å². The number of nitrogens with zero attached hydrogens (tertiary/aromatic N) is 3. The summed E-state index contributed by atoms with van der Waals surface area (Å²) in [5.74, 6) is 0.878. The highest BCUT2D eigenvalue weighted by molar-refractivity contribution is 5.39. The van der Waals surface area contributed by atoms with Gasteiger partial charge in [-0.3, -0.25) is 0 Å². The second-order valence-corrected chi connectivity index (χ2v) is 3.83. The van der Waals surface area contributed by atoms with Gasteiger partial charge in [0.25, 0.3) is 0 Å². The van der Waals surface area contributed by atoms with Crippen LogP contribution in [0.5, 0.6) is 0 Å². The molecule has 0 aromatic carbocycles. The number of rotatable bonds is 1. The summed E-state index contributed by atoms with van der Waals surface area (Å²) in [6, 6.07) is 2.00. The molecule has 4 heteroatoms. The Labute approximate surface area is 83.6 Å². The van der Waals surface area contributed by atoms with E-state index in [-0.39, 0.29) is 6.10 Å². The molecule has 2 heterocycles. The molecule has 1 aromatic rings. The largest absolute Gasteiger partial charge is 0.391 e. The lowest BCUT2D eigenvalue weighted by Gasteiger charge is -2.30. The van der Waals surface area contributed by atoms with E-state index in [2.05, 4.69) is 15.1 Å². The van der Waals surface area contributed by atoms with Gasteiger partial charge in [-0.1, -0.05) is 0 Å². The number of anilines is 1. The van der Waals surface area contributed by atoms with Crippen molar-refractivity contribution < 1.29 is 5.11 Å². The molecule has 4 nitrogen and oxygen atoms in total. The Bertz CT molecular complexity index is 316. The molecular formula is C10H15N3O. The minimum Gasteiger partial charge on any atom is -0.391 e. The summed E-state index contributed by atoms with van der Waals surface area (Å²) in [5.41, 5.74) is 1.11. The summed E-state index contributed by atoms with van der Waals surface area (Å²) < 4.78 is 0. The van der Waals surface area contributed by atoms with Crippen molar-refractivity contribution in [3.63, 3.8) is 0 Å². The molecule has 14 heavy (non-hydrogen) atoms. The van der Waals surface area contributed by atoms with Crippen molar-refractivity contribution in [2.45, 2.75) is 25.9 Å². The van der Waals surface area contributed by atoms with E-state index in [1.807, 2.05) is 13.0 Å². The number of aromatic nitrogens is 2. The number of aliphatic hydroxyl groups excluding tert-OH is 1. The highest BCUT2D eigenvalue weighted by Gasteiger charge is 2.18. The van der Waals surface area contributed by atoms with Gasteiger partial charge in [-0.2, -0.15) is 5.10 Å². The van der Waals surface area contributed by atoms with Gasteiger partial charge in [0.2, 0.25) is 0 Å². The first-order valence-electron chi connectivity index (χ1n) is 4.98. The molecule has 1 N–H and O–H groups in total. The van der Waals surface area contributed by atoms with Gasteiger partial charge >= 0.3 is 0 Å². The lowest BCUT2D eigenvalue weighted by molar-refractivity contribution is 0.154. The Morgan fingerprint density at radius 1 is 1.57 bits per heavy atom. The Balaban J connectivity index is 2.14. The van der Waals surface area contributed by atoms with Crippen LogP contribution in [-0.4, -0.2) is 34.5 Å². The SMILES string of the molecule is Cc1cnnc(N2CCCC(O)C2)c1. The van der Waals surface area contributed by atoms with Gasteiger partial charge in [0.1, 0.15) is 0 Å². The van der Waals surface area contributed by atoms with Crippen LogP contribution in [0.1, 0.15) is 18.4 Å². The minimum absolute atomic E-state index is 0.217. The van der Waals surface area contributed by atoms with E-state index in [1.165, 1.54) is 0 Å². The Hall–Kier alpha value is -1.16. The first kappa shape index (κ1) is 9.40. The average Bonchev–Trinajstić information content (AvgIpc) is 2.18. The summed E-state index contributed by atoms with van der Waals surface area (Å²) in [6.07, 6.45) is 3.45. The molecule has 0 radical (unpaired) electrons. The zero-order chi connectivity index (χ0) is 9.97. The predicted octanol–water partition coefficient (Wildman–Crippen LogP) is 0.746. The fourth-order valence-corrected chi connectivity index (χ4v) is 1.77. The third kappa shape index (κ3) is 2.01. The van der Waals surface area contributed by atoms with E-state index in [1.54, 1.807) is 6.20 Å². The van der Waals surface area contributed by atoms with Gasteiger partial charge in [-0.05, 0) is 31.4 Å². The molecule has 1 unspecified atom stereocenters. The van der Waals surface area contributed by atoms with Crippen LogP contribution < -0.4 is 4.90 Å². The minimum atomic E-state index is -0.217. The van der Waals surface area contributed by atoms with E-state index >= 15 is 0 Å². The number of aryl methyl sites for hydroxylation is 1. The van der Waals surface area contributed by atoms with E-state index in [4.69, 9.17) is 0 Å². The number of aliphatic hydroxyl groups is 1. The molecule has 1 aliphatic rings. The van der Waals surface area contributed by atoms with Gasteiger partial charge in [-0.15, -0.1) is 5.10 Å². The van der Waals surface area contributed by atoms with Crippen molar-refractivity contribution in [3.8, 4) is 0 Å². The van der Waals surface area contributed by atoms with Crippen molar-refractivity contribution in [1.82, 2.24) is 10.2 Å². The van der Waals surface area contributed by atoms with Gasteiger partial charge in [0.05, 0.1) is 12.3 Å². The van der Waals surface area contributed by atoms with E-state index < -0.39 is 0 Å². The summed E-state index contributed by atoms with van der Waals surface area (Å²) in [6.45, 7) is 3.64. The maximum atomic E-state index is 9.52. The van der Waals surface area contributed by atoms with Crippen molar-refractivity contribution in [2.75, 3.05) is 18.0 Å². The molecule has 1 aliphatic heterocycles. The first-order chi connectivity index (χ1) is 6.75. The van der Waals surface area contributed by atoms with Crippen molar-refractivity contribution in [2.24, 2.45) is 0 Å². The van der Waals surface area contributed by atoms with Crippen LogP contribution in [0.15, 0.2) is 12.3 Å². The fourth-order valence-electron chi connectivity index (χ4n) is 1.77. The normalized spacial score (nSPS) is 22.4. The van der Waals surface area contributed by atoms with E-state index in [0.29, 0.717) is 6.54 Å². The van der Waals surface area contributed by atoms with Gasteiger partial charge in [-0.25, -0.2) is 0 Å². The van der Waals surface area contributed by atoms with Crippen LogP contribution >= 0.6 is 0 Å². The molecule has 0 amide bonds. The average molecular weight is 193 g/mol. The third-order valence-electron chi connectivity index (χ3n) is 2.50. The maximum Gasteiger partial charge on any atom is 0.151 e. The molecule has 76 valence electrons. The van der Waals surface area contributed by atoms with Gasteiger partial charge in [0, 0.05) is 13.1 Å². The summed E-state index contributed by atoms with van der Waals surface area (Å²) >= 11 is 0. The first-order valence-corrected chi connectivity index (χ1v) is 4.98. The van der Waals surface area contributed by atoms with E-state index in [0.717, 1.165) is 30.8 Å². The van der Waals surface area contributed by atoms with Crippen LogP contribution in [0.2, 0.25) is 0 Å². The Kier molecular flexibility index (Phi) is 2.63. The monoisotopic (exact) mass is 193 g/mol. The van der Waals surface area contributed by atoms with Crippen LogP contribution in [0.4, 0.5) is 5.82 Å². The predicted molar refractivity (Wildman–Crippen MR) is 54.2 cm³/mol. The van der Waals surface area contributed by atoms with E-state index in [9.17, 15) is 5.11 Å². The highest BCUT2D eigenvalue weighted by Crippen LogP contribution is 2.17. The van der Waals surface area contributed by atoms with Crippen LogP contribution in [-0.2, 0) is 0 Å². The number of β-amino-alcohol motifs (C(OH)–C–C–N with tert-alkyl or cyclic N) is 1. The second-order valence-electron chi connectivity index (χ2n) is 3.83. The van der Waals surface area contributed by atoms with Gasteiger partial charge < -0.3 is 10.0 Å². The maximum absolute atomic E-state index is 9.52. The molecule has 2 rings (SSSR count).